The molecule has 1 atom stereocenters. The van der Waals surface area contributed by atoms with Gasteiger partial charge in [-0.25, -0.2) is 17.8 Å². The third-order valence-corrected chi connectivity index (χ3v) is 5.69. The molecular formula is C19H18FN3O4S. The maximum atomic E-state index is 13.8. The number of aliphatic hydroxyl groups is 1. The van der Waals surface area contributed by atoms with Gasteiger partial charge in [-0.1, -0.05) is 6.08 Å². The highest BCUT2D eigenvalue weighted by atomic mass is 32.2. The molecule has 1 aliphatic heterocycles. The SMILES string of the molecule is COc1ccc(F)cc1-c1ccnc2[nH]c(C3=C[C@@H](CO)N([SH](=O)=O)C3)cc12. The zero-order valence-electron chi connectivity index (χ0n) is 14.9. The maximum absolute atomic E-state index is 13.8. The number of thiol groups is 1. The van der Waals surface area contributed by atoms with Gasteiger partial charge in [0, 0.05) is 29.4 Å². The monoisotopic (exact) mass is 403 g/mol. The standard InChI is InChI=1S/C19H18FN3O4S/c1-27-18-3-2-12(20)7-15(18)14-4-5-21-19-16(14)8-17(22-19)11-6-13(10-24)23(9-11)28(25)26/h2-8,13,24,28H,9-10H2,1H3,(H,21,22)/t13-/m0/s1. The van der Waals surface area contributed by atoms with Crippen LogP contribution < -0.4 is 4.74 Å². The van der Waals surface area contributed by atoms with Crippen LogP contribution in [0.4, 0.5) is 4.39 Å². The van der Waals surface area contributed by atoms with Gasteiger partial charge in [0.2, 0.25) is 10.9 Å². The summed E-state index contributed by atoms with van der Waals surface area (Å²) in [6, 6.07) is 7.35. The van der Waals surface area contributed by atoms with E-state index in [1.807, 2.05) is 6.07 Å². The second kappa shape index (κ2) is 7.34. The first kappa shape index (κ1) is 18.6. The second-order valence-corrected chi connectivity index (χ2v) is 7.42. The minimum atomic E-state index is -2.81. The van der Waals surface area contributed by atoms with Gasteiger partial charge in [0.1, 0.15) is 17.2 Å². The number of pyridine rings is 1. The molecule has 0 saturated heterocycles. The molecule has 1 aliphatic rings. The Hall–Kier alpha value is -2.75. The predicted molar refractivity (Wildman–Crippen MR) is 104 cm³/mol. The number of hydrogen-bond acceptors (Lipinski definition) is 5. The lowest BCUT2D eigenvalue weighted by Crippen LogP contribution is -2.31. The Bertz CT molecular complexity index is 1150. The van der Waals surface area contributed by atoms with Crippen LogP contribution in [0.25, 0.3) is 27.7 Å². The van der Waals surface area contributed by atoms with Crippen molar-refractivity contribution in [2.45, 2.75) is 6.04 Å². The predicted octanol–water partition coefficient (Wildman–Crippen LogP) is 1.96. The number of halogens is 1. The number of aromatic amines is 1. The van der Waals surface area contributed by atoms with Crippen molar-refractivity contribution in [3.63, 3.8) is 0 Å². The molecule has 28 heavy (non-hydrogen) atoms. The van der Waals surface area contributed by atoms with Crippen molar-refractivity contribution in [3.05, 3.63) is 54.1 Å². The van der Waals surface area contributed by atoms with E-state index in [-0.39, 0.29) is 19.0 Å². The fourth-order valence-electron chi connectivity index (χ4n) is 3.49. The molecule has 0 saturated carbocycles. The molecule has 0 spiro atoms. The van der Waals surface area contributed by atoms with Crippen molar-refractivity contribution in [2.24, 2.45) is 0 Å². The molecule has 0 fully saturated rings. The molecule has 0 radical (unpaired) electrons. The van der Waals surface area contributed by atoms with Gasteiger partial charge in [-0.3, -0.25) is 0 Å². The molecule has 146 valence electrons. The van der Waals surface area contributed by atoms with Gasteiger partial charge in [-0.15, -0.1) is 0 Å². The number of nitrogens with one attached hydrogen (secondary N) is 1. The largest absolute Gasteiger partial charge is 0.496 e. The van der Waals surface area contributed by atoms with E-state index in [1.165, 1.54) is 23.5 Å². The summed E-state index contributed by atoms with van der Waals surface area (Å²) >= 11 is 0. The molecule has 0 unspecified atom stereocenters. The van der Waals surface area contributed by atoms with Crippen molar-refractivity contribution in [1.29, 1.82) is 0 Å². The number of aliphatic hydroxyl groups excluding tert-OH is 1. The highest BCUT2D eigenvalue weighted by molar-refractivity contribution is 7.69. The Balaban J connectivity index is 1.82. The van der Waals surface area contributed by atoms with Crippen LogP contribution in [-0.2, 0) is 10.9 Å². The van der Waals surface area contributed by atoms with E-state index in [0.29, 0.717) is 22.7 Å². The summed E-state index contributed by atoms with van der Waals surface area (Å²) in [5.74, 6) is 0.155. The zero-order chi connectivity index (χ0) is 19.8. The second-order valence-electron chi connectivity index (χ2n) is 6.43. The van der Waals surface area contributed by atoms with E-state index in [2.05, 4.69) is 9.97 Å². The summed E-state index contributed by atoms with van der Waals surface area (Å²) in [7, 11) is -1.28. The Morgan fingerprint density at radius 2 is 2.14 bits per heavy atom. The number of benzene rings is 1. The number of ether oxygens (including phenoxy) is 1. The summed E-state index contributed by atoms with van der Waals surface area (Å²) in [5.41, 5.74) is 3.37. The molecule has 0 amide bonds. The number of aromatic nitrogens is 2. The van der Waals surface area contributed by atoms with Gasteiger partial charge >= 0.3 is 0 Å². The van der Waals surface area contributed by atoms with Gasteiger partial charge in [0.15, 0.2) is 0 Å². The quantitative estimate of drug-likeness (QED) is 0.566. The minimum Gasteiger partial charge on any atom is -0.496 e. The van der Waals surface area contributed by atoms with Gasteiger partial charge in [0.05, 0.1) is 19.8 Å². The van der Waals surface area contributed by atoms with Crippen LogP contribution in [0.1, 0.15) is 5.69 Å². The Morgan fingerprint density at radius 1 is 1.32 bits per heavy atom. The molecule has 3 heterocycles. The van der Waals surface area contributed by atoms with Crippen LogP contribution in [0, 0.1) is 5.82 Å². The fourth-order valence-corrected chi connectivity index (χ4v) is 4.14. The average Bonchev–Trinajstić information content (AvgIpc) is 3.31. The lowest BCUT2D eigenvalue weighted by Gasteiger charge is -2.14. The van der Waals surface area contributed by atoms with E-state index < -0.39 is 16.9 Å². The highest BCUT2D eigenvalue weighted by Crippen LogP contribution is 2.36. The summed E-state index contributed by atoms with van der Waals surface area (Å²) < 4.78 is 43.2. The number of rotatable bonds is 5. The van der Waals surface area contributed by atoms with Crippen LogP contribution in [0.15, 0.2) is 42.6 Å². The van der Waals surface area contributed by atoms with E-state index in [0.717, 1.165) is 16.5 Å². The van der Waals surface area contributed by atoms with Gasteiger partial charge in [-0.2, -0.15) is 4.31 Å². The van der Waals surface area contributed by atoms with E-state index >= 15 is 0 Å². The Morgan fingerprint density at radius 3 is 2.82 bits per heavy atom. The Kier molecular flexibility index (Phi) is 4.88. The van der Waals surface area contributed by atoms with Crippen LogP contribution in [0.5, 0.6) is 5.75 Å². The molecule has 1 aromatic carbocycles. The molecule has 0 aliphatic carbocycles. The molecule has 7 nitrogen and oxygen atoms in total. The molecule has 0 bridgehead atoms. The summed E-state index contributed by atoms with van der Waals surface area (Å²) in [6.07, 6.45) is 3.33. The normalized spacial score (nSPS) is 17.4. The zero-order valence-corrected chi connectivity index (χ0v) is 15.8. The first-order valence-electron chi connectivity index (χ1n) is 8.56. The van der Waals surface area contributed by atoms with Crippen LogP contribution in [0.2, 0.25) is 0 Å². The third-order valence-electron chi connectivity index (χ3n) is 4.84. The summed E-state index contributed by atoms with van der Waals surface area (Å²) in [6.45, 7) is -0.133. The van der Waals surface area contributed by atoms with Gasteiger partial charge in [0.25, 0.3) is 0 Å². The third kappa shape index (κ3) is 3.17. The number of methoxy groups -OCH3 is 1. The number of fused-ring (bicyclic) bond motifs is 1. The van der Waals surface area contributed by atoms with Crippen molar-refractivity contribution >= 4 is 27.5 Å². The minimum absolute atomic E-state index is 0.162. The fraction of sp³-hybridized carbons (Fsp3) is 0.211. The average molecular weight is 403 g/mol. The summed E-state index contributed by atoms with van der Waals surface area (Å²) in [4.78, 5) is 7.52. The molecule has 3 aromatic rings. The smallest absolute Gasteiger partial charge is 0.204 e. The number of hydrogen-bond donors (Lipinski definition) is 3. The first-order chi connectivity index (χ1) is 13.5. The number of nitrogens with zero attached hydrogens (tertiary/aromatic N) is 2. The molecule has 9 heteroatoms. The Labute approximate surface area is 162 Å². The van der Waals surface area contributed by atoms with Crippen molar-refractivity contribution in [3.8, 4) is 16.9 Å². The first-order valence-corrected chi connectivity index (χ1v) is 9.69. The lowest BCUT2D eigenvalue weighted by molar-refractivity contribution is 0.233. The van der Waals surface area contributed by atoms with E-state index in [4.69, 9.17) is 4.74 Å². The summed E-state index contributed by atoms with van der Waals surface area (Å²) in [5, 5.41) is 10.2. The van der Waals surface area contributed by atoms with E-state index in [9.17, 15) is 17.9 Å². The van der Waals surface area contributed by atoms with Crippen molar-refractivity contribution in [1.82, 2.24) is 14.3 Å². The molecule has 2 N–H and O–H groups in total. The van der Waals surface area contributed by atoms with E-state index in [1.54, 1.807) is 24.4 Å². The van der Waals surface area contributed by atoms with Crippen LogP contribution >= 0.6 is 0 Å². The molecule has 2 aromatic heterocycles. The van der Waals surface area contributed by atoms with Crippen LogP contribution in [0.3, 0.4) is 0 Å². The highest BCUT2D eigenvalue weighted by Gasteiger charge is 2.28. The van der Waals surface area contributed by atoms with Crippen molar-refractivity contribution in [2.75, 3.05) is 20.3 Å². The maximum Gasteiger partial charge on any atom is 0.204 e. The topological polar surface area (TPSA) is 95.5 Å². The number of H-pyrrole nitrogens is 1. The molecular weight excluding hydrogens is 385 g/mol. The lowest BCUT2D eigenvalue weighted by atomic mass is 10.0. The van der Waals surface area contributed by atoms with Gasteiger partial charge < -0.3 is 14.8 Å². The van der Waals surface area contributed by atoms with Crippen LogP contribution in [-0.4, -0.2) is 54.1 Å². The van der Waals surface area contributed by atoms with Crippen molar-refractivity contribution < 1.29 is 22.7 Å². The van der Waals surface area contributed by atoms with Gasteiger partial charge in [-0.05, 0) is 41.5 Å². The molecule has 4 rings (SSSR count).